The molecular weight excluding hydrogens is 318 g/mol. The standard InChI is InChI=1S/C15H17N3O4S/c1-10-14(23-9-16-10)15(20)22-7-6-17-18-8-11-4-3-5-12(21-2)13(11)19/h3-6,9,18-19H,7-8H2,1-2H3/b17-6+. The number of carbonyl (C=O) groups excluding carboxylic acids is 1. The van der Waals surface area contributed by atoms with Crippen LogP contribution in [0.15, 0.2) is 28.8 Å². The molecule has 2 N–H and O–H groups in total. The number of para-hydroxylation sites is 1. The van der Waals surface area contributed by atoms with Gasteiger partial charge in [-0.2, -0.15) is 5.10 Å². The van der Waals surface area contributed by atoms with Crippen molar-refractivity contribution in [1.29, 1.82) is 0 Å². The fraction of sp³-hybridized carbons (Fsp3) is 0.267. The predicted octanol–water partition coefficient (Wildman–Crippen LogP) is 2.10. The molecule has 23 heavy (non-hydrogen) atoms. The number of esters is 1. The van der Waals surface area contributed by atoms with Crippen LogP contribution in [-0.4, -0.2) is 36.0 Å². The number of benzene rings is 1. The summed E-state index contributed by atoms with van der Waals surface area (Å²) in [7, 11) is 1.49. The summed E-state index contributed by atoms with van der Waals surface area (Å²) in [5, 5.41) is 13.8. The smallest absolute Gasteiger partial charge is 0.350 e. The van der Waals surface area contributed by atoms with Gasteiger partial charge < -0.3 is 20.0 Å². The van der Waals surface area contributed by atoms with Crippen LogP contribution in [0.5, 0.6) is 11.5 Å². The highest BCUT2D eigenvalue weighted by Gasteiger charge is 2.12. The molecule has 1 aromatic carbocycles. The van der Waals surface area contributed by atoms with E-state index in [9.17, 15) is 9.90 Å². The maximum absolute atomic E-state index is 11.7. The van der Waals surface area contributed by atoms with Gasteiger partial charge in [0, 0.05) is 5.56 Å². The van der Waals surface area contributed by atoms with Gasteiger partial charge in [-0.15, -0.1) is 11.3 Å². The average Bonchev–Trinajstić information content (AvgIpc) is 2.98. The number of rotatable bonds is 7. The van der Waals surface area contributed by atoms with Gasteiger partial charge in [0.05, 0.1) is 31.1 Å². The summed E-state index contributed by atoms with van der Waals surface area (Å²) in [6.07, 6.45) is 1.44. The number of aromatic nitrogens is 1. The van der Waals surface area contributed by atoms with Gasteiger partial charge in [-0.3, -0.25) is 0 Å². The molecule has 0 fully saturated rings. The summed E-state index contributed by atoms with van der Waals surface area (Å²) in [5.74, 6) is 0.0637. The Labute approximate surface area is 137 Å². The highest BCUT2D eigenvalue weighted by Crippen LogP contribution is 2.28. The zero-order valence-corrected chi connectivity index (χ0v) is 13.6. The minimum absolute atomic E-state index is 0.0489. The molecule has 0 amide bonds. The van der Waals surface area contributed by atoms with Crippen molar-refractivity contribution in [2.75, 3.05) is 13.7 Å². The Bertz CT molecular complexity index is 700. The van der Waals surface area contributed by atoms with E-state index < -0.39 is 5.97 Å². The van der Waals surface area contributed by atoms with Crippen LogP contribution in [0.1, 0.15) is 20.9 Å². The second-order valence-electron chi connectivity index (χ2n) is 4.48. The minimum atomic E-state index is -0.415. The molecule has 0 unspecified atom stereocenters. The first-order valence-electron chi connectivity index (χ1n) is 6.80. The van der Waals surface area contributed by atoms with Gasteiger partial charge in [-0.25, -0.2) is 9.78 Å². The number of hydrogen-bond donors (Lipinski definition) is 2. The summed E-state index contributed by atoms with van der Waals surface area (Å²) < 4.78 is 10.1. The Hall–Kier alpha value is -2.61. The average molecular weight is 335 g/mol. The number of ether oxygens (including phenoxy) is 2. The van der Waals surface area contributed by atoms with E-state index in [2.05, 4.69) is 15.5 Å². The van der Waals surface area contributed by atoms with Crippen molar-refractivity contribution in [2.45, 2.75) is 13.5 Å². The summed E-state index contributed by atoms with van der Waals surface area (Å²) >= 11 is 1.24. The molecular formula is C15H17N3O4S. The Morgan fingerprint density at radius 2 is 2.35 bits per heavy atom. The highest BCUT2D eigenvalue weighted by atomic mass is 32.1. The molecule has 0 saturated heterocycles. The summed E-state index contributed by atoms with van der Waals surface area (Å²) in [6.45, 7) is 2.12. The van der Waals surface area contributed by atoms with Crippen molar-refractivity contribution < 1.29 is 19.4 Å². The largest absolute Gasteiger partial charge is 0.504 e. The Morgan fingerprint density at radius 1 is 1.52 bits per heavy atom. The Balaban J connectivity index is 1.76. The molecule has 2 rings (SSSR count). The topological polar surface area (TPSA) is 93.0 Å². The van der Waals surface area contributed by atoms with E-state index in [1.807, 2.05) is 0 Å². The Morgan fingerprint density at radius 3 is 3.04 bits per heavy atom. The molecule has 0 aliphatic rings. The number of hydrazone groups is 1. The third kappa shape index (κ3) is 4.43. The first kappa shape index (κ1) is 16.8. The van der Waals surface area contributed by atoms with Crippen molar-refractivity contribution in [3.63, 3.8) is 0 Å². The van der Waals surface area contributed by atoms with Gasteiger partial charge in [0.15, 0.2) is 11.5 Å². The lowest BCUT2D eigenvalue weighted by atomic mass is 10.2. The number of hydrogen-bond acceptors (Lipinski definition) is 8. The van der Waals surface area contributed by atoms with Crippen molar-refractivity contribution in [3.8, 4) is 11.5 Å². The van der Waals surface area contributed by atoms with Crippen molar-refractivity contribution in [3.05, 3.63) is 39.8 Å². The molecule has 0 aliphatic carbocycles. The summed E-state index contributed by atoms with van der Waals surface area (Å²) in [4.78, 5) is 16.2. The van der Waals surface area contributed by atoms with Crippen LogP contribution in [0.25, 0.3) is 0 Å². The summed E-state index contributed by atoms with van der Waals surface area (Å²) in [6, 6.07) is 5.20. The number of phenols is 1. The van der Waals surface area contributed by atoms with Crippen LogP contribution in [0.4, 0.5) is 0 Å². The molecule has 0 aliphatic heterocycles. The number of thiazole rings is 1. The first-order chi connectivity index (χ1) is 11.1. The van der Waals surface area contributed by atoms with Crippen LogP contribution in [-0.2, 0) is 11.3 Å². The lowest BCUT2D eigenvalue weighted by Gasteiger charge is -2.08. The van der Waals surface area contributed by atoms with Crippen LogP contribution < -0.4 is 10.2 Å². The molecule has 2 aromatic rings. The minimum Gasteiger partial charge on any atom is -0.504 e. The molecule has 7 nitrogen and oxygen atoms in total. The van der Waals surface area contributed by atoms with Crippen LogP contribution in [0.2, 0.25) is 0 Å². The molecule has 122 valence electrons. The molecule has 8 heteroatoms. The Kier molecular flexibility index (Phi) is 5.93. The van der Waals surface area contributed by atoms with Gasteiger partial charge in [-0.05, 0) is 13.0 Å². The van der Waals surface area contributed by atoms with E-state index in [-0.39, 0.29) is 12.4 Å². The third-order valence-corrected chi connectivity index (χ3v) is 3.88. The predicted molar refractivity (Wildman–Crippen MR) is 87.1 cm³/mol. The quantitative estimate of drug-likeness (QED) is 0.457. The number of nitrogens with zero attached hydrogens (tertiary/aromatic N) is 2. The van der Waals surface area contributed by atoms with Crippen LogP contribution >= 0.6 is 11.3 Å². The monoisotopic (exact) mass is 335 g/mol. The lowest BCUT2D eigenvalue weighted by Crippen LogP contribution is -2.10. The highest BCUT2D eigenvalue weighted by molar-refractivity contribution is 7.11. The molecule has 0 atom stereocenters. The number of phenolic OH excluding ortho intramolecular Hbond substituents is 1. The van der Waals surface area contributed by atoms with Crippen molar-refractivity contribution in [1.82, 2.24) is 10.4 Å². The van der Waals surface area contributed by atoms with Gasteiger partial charge in [0.2, 0.25) is 0 Å². The van der Waals surface area contributed by atoms with E-state index in [4.69, 9.17) is 9.47 Å². The first-order valence-corrected chi connectivity index (χ1v) is 7.68. The van der Waals surface area contributed by atoms with Gasteiger partial charge in [0.1, 0.15) is 11.5 Å². The fourth-order valence-corrected chi connectivity index (χ4v) is 2.48. The number of aryl methyl sites for hydroxylation is 1. The number of carbonyl (C=O) groups is 1. The lowest BCUT2D eigenvalue weighted by molar-refractivity contribution is 0.0571. The third-order valence-electron chi connectivity index (χ3n) is 2.97. The van der Waals surface area contributed by atoms with Gasteiger partial charge >= 0.3 is 5.97 Å². The molecule has 0 saturated carbocycles. The van der Waals surface area contributed by atoms with Crippen molar-refractivity contribution >= 4 is 23.5 Å². The fourth-order valence-electron chi connectivity index (χ4n) is 1.78. The van der Waals surface area contributed by atoms with Gasteiger partial charge in [0.25, 0.3) is 0 Å². The second kappa shape index (κ2) is 8.14. The molecule has 1 heterocycles. The van der Waals surface area contributed by atoms with E-state index in [0.717, 1.165) is 0 Å². The second-order valence-corrected chi connectivity index (χ2v) is 5.33. The number of nitrogens with one attached hydrogen (secondary N) is 1. The van der Waals surface area contributed by atoms with Crippen molar-refractivity contribution in [2.24, 2.45) is 5.10 Å². The van der Waals surface area contributed by atoms with E-state index in [1.165, 1.54) is 24.7 Å². The molecule has 0 spiro atoms. The van der Waals surface area contributed by atoms with Crippen LogP contribution in [0.3, 0.4) is 0 Å². The maximum atomic E-state index is 11.7. The number of methoxy groups -OCH3 is 1. The zero-order valence-electron chi connectivity index (χ0n) is 12.8. The van der Waals surface area contributed by atoms with E-state index >= 15 is 0 Å². The maximum Gasteiger partial charge on any atom is 0.350 e. The summed E-state index contributed by atoms with van der Waals surface area (Å²) in [5.41, 5.74) is 5.67. The van der Waals surface area contributed by atoms with E-state index in [0.29, 0.717) is 28.4 Å². The van der Waals surface area contributed by atoms with Gasteiger partial charge in [-0.1, -0.05) is 12.1 Å². The van der Waals surface area contributed by atoms with Crippen LogP contribution in [0, 0.1) is 6.92 Å². The molecule has 0 bridgehead atoms. The normalized spacial score (nSPS) is 10.7. The number of aromatic hydroxyl groups is 1. The molecule has 1 aromatic heterocycles. The zero-order chi connectivity index (χ0) is 16.7. The SMILES string of the molecule is COc1cccc(CN/N=C/COC(=O)c2scnc2C)c1O. The van der Waals surface area contributed by atoms with E-state index in [1.54, 1.807) is 30.6 Å². The molecule has 0 radical (unpaired) electrons.